The summed E-state index contributed by atoms with van der Waals surface area (Å²) in [6.45, 7) is 2.69. The normalized spacial score (nSPS) is 19.7. The van der Waals surface area contributed by atoms with Crippen molar-refractivity contribution in [3.05, 3.63) is 0 Å². The van der Waals surface area contributed by atoms with Crippen molar-refractivity contribution < 1.29 is 17.8 Å². The third-order valence-corrected chi connectivity index (χ3v) is 3.40. The molecule has 1 rings (SSSR count). The fraction of sp³-hybridized carbons (Fsp3) is 0.875. The minimum atomic E-state index is -3.86. The van der Waals surface area contributed by atoms with E-state index in [1.807, 2.05) is 0 Å². The molecular formula is C8H15NO4S. The van der Waals surface area contributed by atoms with Gasteiger partial charge in [-0.25, -0.2) is 0 Å². The number of likely N-dealkylation sites (tertiary alicyclic amines) is 1. The van der Waals surface area contributed by atoms with Crippen LogP contribution in [0.15, 0.2) is 0 Å². The summed E-state index contributed by atoms with van der Waals surface area (Å²) in [4.78, 5) is 12.6. The van der Waals surface area contributed by atoms with Gasteiger partial charge in [0.1, 0.15) is 0 Å². The molecule has 1 heterocycles. The molecule has 1 aliphatic rings. The maximum Gasteiger partial charge on any atom is 0.265 e. The molecule has 0 aromatic carbocycles. The van der Waals surface area contributed by atoms with Gasteiger partial charge in [-0.15, -0.1) is 0 Å². The zero-order chi connectivity index (χ0) is 10.8. The van der Waals surface area contributed by atoms with Crippen molar-refractivity contribution in [2.45, 2.75) is 19.8 Å². The van der Waals surface area contributed by atoms with Gasteiger partial charge >= 0.3 is 0 Å². The molecule has 0 aromatic heterocycles. The quantitative estimate of drug-likeness (QED) is 0.673. The second kappa shape index (κ2) is 4.27. The Morgan fingerprint density at radius 3 is 2.29 bits per heavy atom. The molecule has 0 aromatic rings. The lowest BCUT2D eigenvalue weighted by Crippen LogP contribution is -2.38. The standard InChI is InChI=1S/C8H15NO4S/c1-7(10)9-4-2-8(3-5-9)6-14(11,12)13/h8H,2-6H2,1H3,(H,11,12,13). The second-order valence-corrected chi connectivity index (χ2v) is 5.20. The van der Waals surface area contributed by atoms with Crippen LogP contribution in [-0.2, 0) is 14.9 Å². The number of piperidine rings is 1. The molecule has 1 amide bonds. The van der Waals surface area contributed by atoms with E-state index in [1.54, 1.807) is 4.90 Å². The topological polar surface area (TPSA) is 74.7 Å². The number of amides is 1. The van der Waals surface area contributed by atoms with Gasteiger partial charge in [0.2, 0.25) is 5.91 Å². The van der Waals surface area contributed by atoms with Crippen molar-refractivity contribution in [2.75, 3.05) is 18.8 Å². The van der Waals surface area contributed by atoms with Crippen molar-refractivity contribution in [2.24, 2.45) is 5.92 Å². The highest BCUT2D eigenvalue weighted by atomic mass is 32.2. The first kappa shape index (κ1) is 11.5. The van der Waals surface area contributed by atoms with Crippen LogP contribution in [0.25, 0.3) is 0 Å². The molecule has 0 aliphatic carbocycles. The minimum Gasteiger partial charge on any atom is -0.343 e. The Bertz CT molecular complexity index is 303. The van der Waals surface area contributed by atoms with Gasteiger partial charge in [0, 0.05) is 20.0 Å². The molecular weight excluding hydrogens is 206 g/mol. The molecule has 0 spiro atoms. The number of nitrogens with zero attached hydrogens (tertiary/aromatic N) is 1. The summed E-state index contributed by atoms with van der Waals surface area (Å²) in [6.07, 6.45) is 1.30. The third kappa shape index (κ3) is 3.63. The highest BCUT2D eigenvalue weighted by Crippen LogP contribution is 2.18. The van der Waals surface area contributed by atoms with E-state index in [0.29, 0.717) is 25.9 Å². The van der Waals surface area contributed by atoms with E-state index in [2.05, 4.69) is 0 Å². The molecule has 1 N–H and O–H groups in total. The van der Waals surface area contributed by atoms with Crippen molar-refractivity contribution in [1.29, 1.82) is 0 Å². The number of rotatable bonds is 2. The van der Waals surface area contributed by atoms with Gasteiger partial charge in [0.15, 0.2) is 0 Å². The van der Waals surface area contributed by atoms with Crippen molar-refractivity contribution in [1.82, 2.24) is 4.90 Å². The number of hydrogen-bond acceptors (Lipinski definition) is 3. The fourth-order valence-corrected chi connectivity index (χ4v) is 2.64. The molecule has 0 bridgehead atoms. The van der Waals surface area contributed by atoms with Gasteiger partial charge in [0.25, 0.3) is 10.1 Å². The highest BCUT2D eigenvalue weighted by molar-refractivity contribution is 7.85. The average molecular weight is 221 g/mol. The van der Waals surface area contributed by atoms with Crippen LogP contribution in [0.1, 0.15) is 19.8 Å². The maximum absolute atomic E-state index is 10.9. The summed E-state index contributed by atoms with van der Waals surface area (Å²) < 4.78 is 29.8. The summed E-state index contributed by atoms with van der Waals surface area (Å²) in [7, 11) is -3.86. The molecule has 1 aliphatic heterocycles. The average Bonchev–Trinajstić information content (AvgIpc) is 2.02. The molecule has 1 saturated heterocycles. The molecule has 14 heavy (non-hydrogen) atoms. The van der Waals surface area contributed by atoms with Gasteiger partial charge in [-0.3, -0.25) is 9.35 Å². The van der Waals surface area contributed by atoms with Crippen LogP contribution in [0, 0.1) is 5.92 Å². The summed E-state index contributed by atoms with van der Waals surface area (Å²) in [5, 5.41) is 0. The minimum absolute atomic E-state index is 0.0133. The van der Waals surface area contributed by atoms with Gasteiger partial charge in [-0.05, 0) is 18.8 Å². The van der Waals surface area contributed by atoms with E-state index < -0.39 is 10.1 Å². The monoisotopic (exact) mass is 221 g/mol. The molecule has 0 saturated carbocycles. The van der Waals surface area contributed by atoms with Gasteiger partial charge in [-0.2, -0.15) is 8.42 Å². The summed E-state index contributed by atoms with van der Waals surface area (Å²) in [6, 6.07) is 0. The Balaban J connectivity index is 2.40. The maximum atomic E-state index is 10.9. The molecule has 0 radical (unpaired) electrons. The second-order valence-electron chi connectivity index (χ2n) is 3.70. The fourth-order valence-electron chi connectivity index (χ4n) is 1.71. The summed E-state index contributed by atoms with van der Waals surface area (Å²) >= 11 is 0. The number of hydrogen-bond donors (Lipinski definition) is 1. The van der Waals surface area contributed by atoms with E-state index in [-0.39, 0.29) is 17.6 Å². The number of carbonyl (C=O) groups excluding carboxylic acids is 1. The molecule has 0 atom stereocenters. The van der Waals surface area contributed by atoms with Crippen LogP contribution in [-0.4, -0.2) is 42.6 Å². The largest absolute Gasteiger partial charge is 0.343 e. The Hall–Kier alpha value is -0.620. The first-order valence-corrected chi connectivity index (χ1v) is 6.20. The molecule has 82 valence electrons. The Morgan fingerprint density at radius 1 is 1.43 bits per heavy atom. The van der Waals surface area contributed by atoms with Crippen LogP contribution < -0.4 is 0 Å². The van der Waals surface area contributed by atoms with Crippen LogP contribution in [0.5, 0.6) is 0 Å². The van der Waals surface area contributed by atoms with E-state index >= 15 is 0 Å². The van der Waals surface area contributed by atoms with Crippen LogP contribution in [0.4, 0.5) is 0 Å². The van der Waals surface area contributed by atoms with Crippen LogP contribution >= 0.6 is 0 Å². The van der Waals surface area contributed by atoms with E-state index in [1.165, 1.54) is 6.92 Å². The molecule has 1 fully saturated rings. The Labute approximate surface area is 83.8 Å². The Kier molecular flexibility index (Phi) is 3.49. The van der Waals surface area contributed by atoms with Gasteiger partial charge < -0.3 is 4.90 Å². The molecule has 5 nitrogen and oxygen atoms in total. The van der Waals surface area contributed by atoms with E-state index in [0.717, 1.165) is 0 Å². The summed E-state index contributed by atoms with van der Waals surface area (Å²) in [5.41, 5.74) is 0. The zero-order valence-electron chi connectivity index (χ0n) is 8.14. The third-order valence-electron chi connectivity index (χ3n) is 2.51. The Morgan fingerprint density at radius 2 is 1.93 bits per heavy atom. The number of carbonyl (C=O) groups is 1. The van der Waals surface area contributed by atoms with E-state index in [4.69, 9.17) is 4.55 Å². The van der Waals surface area contributed by atoms with Crippen molar-refractivity contribution in [3.63, 3.8) is 0 Å². The predicted molar refractivity (Wildman–Crippen MR) is 51.4 cm³/mol. The van der Waals surface area contributed by atoms with Crippen LogP contribution in [0.2, 0.25) is 0 Å². The van der Waals surface area contributed by atoms with Crippen molar-refractivity contribution in [3.8, 4) is 0 Å². The SMILES string of the molecule is CC(=O)N1CCC(CS(=O)(=O)O)CC1. The van der Waals surface area contributed by atoms with Gasteiger partial charge in [0.05, 0.1) is 5.75 Å². The lowest BCUT2D eigenvalue weighted by Gasteiger charge is -2.30. The van der Waals surface area contributed by atoms with Crippen molar-refractivity contribution >= 4 is 16.0 Å². The van der Waals surface area contributed by atoms with Gasteiger partial charge in [-0.1, -0.05) is 0 Å². The first-order chi connectivity index (χ1) is 6.38. The molecule has 6 heteroatoms. The first-order valence-electron chi connectivity index (χ1n) is 4.59. The lowest BCUT2D eigenvalue weighted by atomic mass is 9.99. The van der Waals surface area contributed by atoms with Crippen LogP contribution in [0.3, 0.4) is 0 Å². The smallest absolute Gasteiger partial charge is 0.265 e. The zero-order valence-corrected chi connectivity index (χ0v) is 8.96. The predicted octanol–water partition coefficient (Wildman–Crippen LogP) is 0.133. The van der Waals surface area contributed by atoms with E-state index in [9.17, 15) is 13.2 Å². The lowest BCUT2D eigenvalue weighted by molar-refractivity contribution is -0.130. The molecule has 0 unspecified atom stereocenters. The summed E-state index contributed by atoms with van der Waals surface area (Å²) in [5.74, 6) is -0.172. The highest BCUT2D eigenvalue weighted by Gasteiger charge is 2.24.